The average Bonchev–Trinajstić information content (AvgIpc) is 1.59. The molecule has 0 heterocycles. The van der Waals surface area contributed by atoms with E-state index in [4.69, 9.17) is 0 Å². The molecular formula is C2H4F6NP. The van der Waals surface area contributed by atoms with E-state index in [0.717, 1.165) is 0 Å². The van der Waals surface area contributed by atoms with Crippen molar-refractivity contribution in [3.63, 3.8) is 0 Å². The number of alkyl halides is 6. The normalized spacial score (nSPS) is 14.5. The first kappa shape index (κ1) is 9.97. The number of halogens is 6. The molecule has 0 fully saturated rings. The van der Waals surface area contributed by atoms with Crippen molar-refractivity contribution in [3.8, 4) is 0 Å². The van der Waals surface area contributed by atoms with Crippen LogP contribution in [0.2, 0.25) is 0 Å². The van der Waals surface area contributed by atoms with E-state index in [1.165, 1.54) is 0 Å². The molecule has 0 radical (unpaired) electrons. The van der Waals surface area contributed by atoms with Crippen LogP contribution in [0.25, 0.3) is 0 Å². The molecule has 10 heavy (non-hydrogen) atoms. The summed E-state index contributed by atoms with van der Waals surface area (Å²) in [5.74, 6) is 0. The summed E-state index contributed by atoms with van der Waals surface area (Å²) in [6.07, 6.45) is -10.6. The number of hydrogen-bond donors (Lipinski definition) is 0. The third-order valence-corrected chi connectivity index (χ3v) is 1.77. The van der Waals surface area contributed by atoms with Gasteiger partial charge in [-0.2, -0.15) is 0 Å². The summed E-state index contributed by atoms with van der Waals surface area (Å²) in [5, 5.41) is 0. The van der Waals surface area contributed by atoms with Crippen molar-refractivity contribution in [3.05, 3.63) is 0 Å². The van der Waals surface area contributed by atoms with E-state index >= 15 is 0 Å². The van der Waals surface area contributed by atoms with Crippen molar-refractivity contribution in [2.45, 2.75) is 12.6 Å². The Morgan fingerprint density at radius 3 is 1.00 bits per heavy atom. The van der Waals surface area contributed by atoms with Crippen LogP contribution in [0.3, 0.4) is 0 Å². The molecule has 0 aliphatic heterocycles. The second-order valence-corrected chi connectivity index (χ2v) is 2.39. The maximum absolute atomic E-state index is 11.2. The second-order valence-electron chi connectivity index (χ2n) is 1.49. The van der Waals surface area contributed by atoms with Crippen molar-refractivity contribution in [1.82, 2.24) is 4.67 Å². The van der Waals surface area contributed by atoms with Crippen LogP contribution in [0.4, 0.5) is 26.3 Å². The zero-order chi connectivity index (χ0) is 8.58. The first-order valence-corrected chi connectivity index (χ1v) is 2.92. The molecule has 0 aromatic heterocycles. The summed E-state index contributed by atoms with van der Waals surface area (Å²) in [7, 11) is -1.11. The molecule has 8 heteroatoms. The predicted octanol–water partition coefficient (Wildman–Crippen LogP) is 1.58. The van der Waals surface area contributed by atoms with E-state index in [2.05, 4.69) is 0 Å². The van der Waals surface area contributed by atoms with Crippen LogP contribution in [-0.2, 0) is 0 Å². The summed E-state index contributed by atoms with van der Waals surface area (Å²) < 4.78 is 65.6. The molecule has 0 saturated heterocycles. The standard InChI is InChI=1S/C2H4F6NP/c3-1(4,5)9(10)2(6,7)8/h10H4. The third kappa shape index (κ3) is 2.70. The van der Waals surface area contributed by atoms with E-state index in [-0.39, 0.29) is 0 Å². The topological polar surface area (TPSA) is 3.24 Å². The monoisotopic (exact) mass is 187 g/mol. The molecule has 0 amide bonds. The maximum atomic E-state index is 11.2. The number of nitrogens with zero attached hydrogens (tertiary/aromatic N) is 1. The minimum absolute atomic E-state index is 1.11. The van der Waals surface area contributed by atoms with Crippen molar-refractivity contribution in [1.29, 1.82) is 0 Å². The molecule has 64 valence electrons. The van der Waals surface area contributed by atoms with E-state index in [0.29, 0.717) is 0 Å². The van der Waals surface area contributed by atoms with Crippen LogP contribution in [0.1, 0.15) is 0 Å². The van der Waals surface area contributed by atoms with Gasteiger partial charge in [-0.25, -0.2) is 0 Å². The van der Waals surface area contributed by atoms with Gasteiger partial charge in [0, 0.05) is 0 Å². The Balaban J connectivity index is 4.23. The van der Waals surface area contributed by atoms with Crippen LogP contribution < -0.4 is 0 Å². The first-order valence-electron chi connectivity index (χ1n) is 2.03. The van der Waals surface area contributed by atoms with E-state index < -0.39 is 26.7 Å². The van der Waals surface area contributed by atoms with Crippen molar-refractivity contribution in [2.75, 3.05) is 0 Å². The summed E-state index contributed by atoms with van der Waals surface area (Å²) >= 11 is 0. The zero-order valence-corrected chi connectivity index (χ0v) is 6.72. The first-order chi connectivity index (χ1) is 4.15. The molecule has 0 spiro atoms. The molecule has 0 N–H and O–H groups in total. The molecule has 0 bridgehead atoms. The Hall–Kier alpha value is -0.0300. The molecule has 0 atom stereocenters. The zero-order valence-electron chi connectivity index (χ0n) is 4.72. The second kappa shape index (κ2) is 2.54. The Labute approximate surface area is 54.2 Å². The quantitative estimate of drug-likeness (QED) is 0.316. The molecule has 0 aliphatic carbocycles. The van der Waals surface area contributed by atoms with Gasteiger partial charge in [-0.3, -0.25) is 0 Å². The van der Waals surface area contributed by atoms with E-state index in [1.54, 1.807) is 0 Å². The van der Waals surface area contributed by atoms with Gasteiger partial charge in [0.1, 0.15) is 0 Å². The van der Waals surface area contributed by atoms with Gasteiger partial charge in [-0.1, -0.05) is 0 Å². The van der Waals surface area contributed by atoms with Crippen LogP contribution >= 0.6 is 9.39 Å². The van der Waals surface area contributed by atoms with Gasteiger partial charge in [0.05, 0.1) is 0 Å². The molecule has 0 unspecified atom stereocenters. The van der Waals surface area contributed by atoms with Gasteiger partial charge in [-0.05, 0) is 0 Å². The van der Waals surface area contributed by atoms with Crippen molar-refractivity contribution in [2.24, 2.45) is 0 Å². The van der Waals surface area contributed by atoms with Crippen LogP contribution in [-0.4, -0.2) is 17.3 Å². The molecule has 0 rings (SSSR count). The number of rotatable bonds is 0. The van der Waals surface area contributed by atoms with Crippen molar-refractivity contribution >= 4 is 9.39 Å². The van der Waals surface area contributed by atoms with Gasteiger partial charge in [0.25, 0.3) is 0 Å². The Bertz CT molecular complexity index is 99.9. The number of hydrogen-bond acceptors (Lipinski definition) is 1. The van der Waals surface area contributed by atoms with Gasteiger partial charge in [0.2, 0.25) is 0 Å². The summed E-state index contributed by atoms with van der Waals surface area (Å²) in [6, 6.07) is 0. The molecule has 1 nitrogen and oxygen atoms in total. The Morgan fingerprint density at radius 1 is 0.800 bits per heavy atom. The van der Waals surface area contributed by atoms with Crippen LogP contribution in [0, 0.1) is 0 Å². The summed E-state index contributed by atoms with van der Waals surface area (Å²) in [6.45, 7) is 0. The summed E-state index contributed by atoms with van der Waals surface area (Å²) in [5.41, 5.74) is 0. The third-order valence-electron chi connectivity index (χ3n) is 0.761. The Morgan fingerprint density at radius 2 is 1.00 bits per heavy atom. The fourth-order valence-electron chi connectivity index (χ4n) is 0.144. The SMILES string of the molecule is FC(F)(F)N([PH4])C(F)(F)F. The Kier molecular flexibility index (Phi) is 2.53. The van der Waals surface area contributed by atoms with Gasteiger partial charge in [-0.15, -0.1) is 0 Å². The van der Waals surface area contributed by atoms with E-state index in [9.17, 15) is 26.3 Å². The molecular weight excluding hydrogens is 183 g/mol. The molecule has 0 aliphatic rings. The van der Waals surface area contributed by atoms with Gasteiger partial charge < -0.3 is 0 Å². The van der Waals surface area contributed by atoms with Gasteiger partial charge in [0.15, 0.2) is 0 Å². The fourth-order valence-corrected chi connectivity index (χ4v) is 0.144. The summed E-state index contributed by atoms with van der Waals surface area (Å²) in [4.78, 5) is 0. The van der Waals surface area contributed by atoms with Crippen LogP contribution in [0.15, 0.2) is 0 Å². The van der Waals surface area contributed by atoms with Crippen molar-refractivity contribution < 1.29 is 26.3 Å². The fraction of sp³-hybridized carbons (Fsp3) is 1.00. The molecule has 0 aromatic rings. The predicted molar refractivity (Wildman–Crippen MR) is 26.4 cm³/mol. The average molecular weight is 187 g/mol. The minimum atomic E-state index is -5.29. The van der Waals surface area contributed by atoms with E-state index in [1.807, 2.05) is 0 Å². The molecule has 0 aromatic carbocycles. The van der Waals surface area contributed by atoms with Gasteiger partial charge >= 0.3 is 53.0 Å². The van der Waals surface area contributed by atoms with Crippen LogP contribution in [0.5, 0.6) is 0 Å². The molecule has 0 saturated carbocycles.